The number of benzene rings is 1. The number of furan rings is 1. The zero-order valence-electron chi connectivity index (χ0n) is 14.9. The number of carbonyl (C=O) groups is 2. The van der Waals surface area contributed by atoms with Crippen molar-refractivity contribution in [2.45, 2.75) is 13.3 Å². The molecule has 0 aliphatic carbocycles. The molecule has 0 fully saturated rings. The summed E-state index contributed by atoms with van der Waals surface area (Å²) >= 11 is 1.44. The number of carbonyl (C=O) groups excluding carboxylic acids is 2. The van der Waals surface area contributed by atoms with E-state index in [4.69, 9.17) is 4.42 Å². The number of aromatic nitrogens is 2. The third-order valence-electron chi connectivity index (χ3n) is 4.17. The number of hydrazine groups is 1. The van der Waals surface area contributed by atoms with Crippen molar-refractivity contribution in [3.63, 3.8) is 0 Å². The number of aryl methyl sites for hydroxylation is 1. The number of para-hydroxylation sites is 1. The number of thiazole rings is 1. The van der Waals surface area contributed by atoms with Gasteiger partial charge in [0.1, 0.15) is 10.6 Å². The predicted molar refractivity (Wildman–Crippen MR) is 106 cm³/mol. The molecule has 0 aliphatic rings. The topological polar surface area (TPSA) is 97.1 Å². The first-order valence-corrected chi connectivity index (χ1v) is 9.42. The zero-order chi connectivity index (χ0) is 19.5. The quantitative estimate of drug-likeness (QED) is 0.520. The second-order valence-electron chi connectivity index (χ2n) is 6.12. The minimum atomic E-state index is -0.503. The van der Waals surface area contributed by atoms with Crippen LogP contribution in [-0.2, 0) is 11.2 Å². The van der Waals surface area contributed by atoms with Crippen molar-refractivity contribution in [2.75, 3.05) is 0 Å². The summed E-state index contributed by atoms with van der Waals surface area (Å²) in [7, 11) is 0. The highest BCUT2D eigenvalue weighted by Gasteiger charge is 2.18. The summed E-state index contributed by atoms with van der Waals surface area (Å²) in [6.45, 7) is 1.80. The van der Waals surface area contributed by atoms with Gasteiger partial charge >= 0.3 is 5.91 Å². The molecule has 4 rings (SSSR count). The normalized spacial score (nSPS) is 10.8. The maximum Gasteiger partial charge on any atom is 0.305 e. The lowest BCUT2D eigenvalue weighted by molar-refractivity contribution is -0.121. The van der Waals surface area contributed by atoms with Gasteiger partial charge in [0.15, 0.2) is 5.76 Å². The molecule has 2 N–H and O–H groups in total. The third-order valence-corrected chi connectivity index (χ3v) is 5.11. The van der Waals surface area contributed by atoms with Crippen LogP contribution in [0.5, 0.6) is 0 Å². The molecule has 0 unspecified atom stereocenters. The van der Waals surface area contributed by atoms with Crippen molar-refractivity contribution in [1.82, 2.24) is 20.8 Å². The van der Waals surface area contributed by atoms with Crippen molar-refractivity contribution in [1.29, 1.82) is 0 Å². The van der Waals surface area contributed by atoms with E-state index in [9.17, 15) is 9.59 Å². The molecule has 0 saturated carbocycles. The highest BCUT2D eigenvalue weighted by molar-refractivity contribution is 7.13. The molecule has 3 heterocycles. The Morgan fingerprint density at radius 2 is 2.00 bits per heavy atom. The number of rotatable bonds is 4. The Kier molecular flexibility index (Phi) is 4.86. The minimum Gasteiger partial charge on any atom is -0.451 e. The Hall–Kier alpha value is -3.52. The number of nitrogens with one attached hydrogen (secondary N) is 2. The molecule has 0 atom stereocenters. The van der Waals surface area contributed by atoms with Gasteiger partial charge in [0, 0.05) is 34.3 Å². The largest absolute Gasteiger partial charge is 0.451 e. The zero-order valence-corrected chi connectivity index (χ0v) is 15.7. The van der Waals surface area contributed by atoms with Gasteiger partial charge in [-0.1, -0.05) is 18.2 Å². The van der Waals surface area contributed by atoms with Gasteiger partial charge in [-0.05, 0) is 25.1 Å². The van der Waals surface area contributed by atoms with Gasteiger partial charge in [0.2, 0.25) is 5.91 Å². The summed E-state index contributed by atoms with van der Waals surface area (Å²) < 4.78 is 5.58. The average Bonchev–Trinajstić information content (AvgIpc) is 3.32. The van der Waals surface area contributed by atoms with E-state index < -0.39 is 5.91 Å². The first-order chi connectivity index (χ1) is 13.6. The van der Waals surface area contributed by atoms with E-state index in [0.717, 1.165) is 21.5 Å². The Labute approximate surface area is 164 Å². The van der Waals surface area contributed by atoms with Crippen LogP contribution in [0.25, 0.3) is 21.5 Å². The molecule has 0 bridgehead atoms. The predicted octanol–water partition coefficient (Wildman–Crippen LogP) is 3.26. The van der Waals surface area contributed by atoms with E-state index in [2.05, 4.69) is 20.8 Å². The van der Waals surface area contributed by atoms with Crippen LogP contribution in [0, 0.1) is 6.92 Å². The molecule has 0 aliphatic heterocycles. The Morgan fingerprint density at radius 1 is 1.14 bits per heavy atom. The molecule has 7 nitrogen and oxygen atoms in total. The molecule has 0 saturated heterocycles. The fourth-order valence-electron chi connectivity index (χ4n) is 2.79. The lowest BCUT2D eigenvalue weighted by Crippen LogP contribution is -2.42. The Bertz CT molecular complexity index is 1150. The summed E-state index contributed by atoms with van der Waals surface area (Å²) in [5.74, 6) is -0.699. The molecule has 0 radical (unpaired) electrons. The third kappa shape index (κ3) is 3.63. The second kappa shape index (κ2) is 7.61. The van der Waals surface area contributed by atoms with E-state index in [1.54, 1.807) is 25.4 Å². The highest BCUT2D eigenvalue weighted by Crippen LogP contribution is 2.25. The maximum absolute atomic E-state index is 12.3. The number of hydrogen-bond donors (Lipinski definition) is 2. The summed E-state index contributed by atoms with van der Waals surface area (Å²) in [6, 6.07) is 11.1. The Morgan fingerprint density at radius 3 is 2.79 bits per heavy atom. The van der Waals surface area contributed by atoms with Gasteiger partial charge in [0.05, 0.1) is 12.1 Å². The van der Waals surface area contributed by atoms with Crippen LogP contribution in [0.3, 0.4) is 0 Å². The SMILES string of the molecule is Cc1c(C(=O)NNC(=O)Cc2csc(-c3cccnc3)n2)oc2ccccc12. The molecule has 0 spiro atoms. The molecule has 3 aromatic heterocycles. The molecular formula is C20H16N4O3S. The lowest BCUT2D eigenvalue weighted by atomic mass is 10.1. The lowest BCUT2D eigenvalue weighted by Gasteiger charge is -2.05. The van der Waals surface area contributed by atoms with Crippen molar-refractivity contribution < 1.29 is 14.0 Å². The number of fused-ring (bicyclic) bond motifs is 1. The molecule has 2 amide bonds. The van der Waals surface area contributed by atoms with Crippen LogP contribution in [0.1, 0.15) is 21.8 Å². The van der Waals surface area contributed by atoms with Gasteiger partial charge in [-0.25, -0.2) is 4.98 Å². The second-order valence-corrected chi connectivity index (χ2v) is 6.98. The molecule has 8 heteroatoms. The maximum atomic E-state index is 12.3. The van der Waals surface area contributed by atoms with Crippen LogP contribution in [0.2, 0.25) is 0 Å². The number of nitrogens with zero attached hydrogens (tertiary/aromatic N) is 2. The standard InChI is InChI=1S/C20H16N4O3S/c1-12-15-6-2-3-7-16(15)27-18(12)19(26)24-23-17(25)9-14-11-28-20(22-14)13-5-4-8-21-10-13/h2-8,10-11H,9H2,1H3,(H,23,25)(H,24,26). The first kappa shape index (κ1) is 17.9. The summed E-state index contributed by atoms with van der Waals surface area (Å²) in [6.07, 6.45) is 3.46. The smallest absolute Gasteiger partial charge is 0.305 e. The van der Waals surface area contributed by atoms with E-state index in [0.29, 0.717) is 11.3 Å². The number of amides is 2. The summed E-state index contributed by atoms with van der Waals surface area (Å²) in [5, 5.41) is 3.47. The molecule has 28 heavy (non-hydrogen) atoms. The summed E-state index contributed by atoms with van der Waals surface area (Å²) in [4.78, 5) is 33.0. The van der Waals surface area contributed by atoms with Gasteiger partial charge in [-0.2, -0.15) is 0 Å². The van der Waals surface area contributed by atoms with Crippen LogP contribution < -0.4 is 10.9 Å². The van der Waals surface area contributed by atoms with E-state index in [1.807, 2.05) is 35.7 Å². The van der Waals surface area contributed by atoms with Gasteiger partial charge in [0.25, 0.3) is 0 Å². The molecular weight excluding hydrogens is 376 g/mol. The van der Waals surface area contributed by atoms with Crippen LogP contribution in [-0.4, -0.2) is 21.8 Å². The molecule has 140 valence electrons. The monoisotopic (exact) mass is 392 g/mol. The minimum absolute atomic E-state index is 0.0517. The van der Waals surface area contributed by atoms with Gasteiger partial charge in [-0.15, -0.1) is 11.3 Å². The van der Waals surface area contributed by atoms with Crippen LogP contribution in [0.4, 0.5) is 0 Å². The fourth-order valence-corrected chi connectivity index (χ4v) is 3.60. The van der Waals surface area contributed by atoms with Crippen molar-refractivity contribution in [3.05, 3.63) is 71.2 Å². The molecule has 1 aromatic carbocycles. The van der Waals surface area contributed by atoms with Gasteiger partial charge < -0.3 is 4.42 Å². The van der Waals surface area contributed by atoms with Crippen LogP contribution >= 0.6 is 11.3 Å². The van der Waals surface area contributed by atoms with Crippen molar-refractivity contribution >= 4 is 34.1 Å². The fraction of sp³-hybridized carbons (Fsp3) is 0.100. The average molecular weight is 392 g/mol. The van der Waals surface area contributed by atoms with Crippen molar-refractivity contribution in [2.24, 2.45) is 0 Å². The summed E-state index contributed by atoms with van der Waals surface area (Å²) in [5.41, 5.74) is 7.67. The van der Waals surface area contributed by atoms with Crippen molar-refractivity contribution in [3.8, 4) is 10.6 Å². The first-order valence-electron chi connectivity index (χ1n) is 8.54. The van der Waals surface area contributed by atoms with E-state index in [1.165, 1.54) is 11.3 Å². The molecule has 4 aromatic rings. The highest BCUT2D eigenvalue weighted by atomic mass is 32.1. The van der Waals surface area contributed by atoms with Crippen LogP contribution in [0.15, 0.2) is 58.6 Å². The number of hydrogen-bond acceptors (Lipinski definition) is 6. The number of pyridine rings is 1. The Balaban J connectivity index is 1.37. The van der Waals surface area contributed by atoms with Gasteiger partial charge in [-0.3, -0.25) is 25.4 Å². The van der Waals surface area contributed by atoms with E-state index >= 15 is 0 Å². The van der Waals surface area contributed by atoms with E-state index in [-0.39, 0.29) is 18.1 Å².